The van der Waals surface area contributed by atoms with Gasteiger partial charge in [0.2, 0.25) is 5.89 Å². The lowest BCUT2D eigenvalue weighted by molar-refractivity contribution is 0.345. The second kappa shape index (κ2) is 3.51. The summed E-state index contributed by atoms with van der Waals surface area (Å²) in [7, 11) is 0. The summed E-state index contributed by atoms with van der Waals surface area (Å²) >= 11 is 5.95. The van der Waals surface area contributed by atoms with Crippen LogP contribution in [0.4, 0.5) is 0 Å². The number of alkyl halides is 1. The summed E-state index contributed by atoms with van der Waals surface area (Å²) in [6, 6.07) is 0. The molecule has 0 aliphatic heterocycles. The van der Waals surface area contributed by atoms with Crippen LogP contribution in [0.3, 0.4) is 0 Å². The smallest absolute Gasteiger partial charge is 0.212 e. The maximum absolute atomic E-state index is 5.95. The van der Waals surface area contributed by atoms with Crippen LogP contribution in [0.5, 0.6) is 0 Å². The standard InChI is InChI=1S/C12H16ClNO/c1-7(13)12-14-6-11(15-12)9-4-2-3-8-5-10(8)9/h6-10H,2-5H2,1H3. The van der Waals surface area contributed by atoms with Crippen molar-refractivity contribution < 1.29 is 4.42 Å². The molecule has 3 heteroatoms. The Morgan fingerprint density at radius 3 is 3.13 bits per heavy atom. The van der Waals surface area contributed by atoms with Crippen molar-refractivity contribution in [3.8, 4) is 0 Å². The normalized spacial score (nSPS) is 36.0. The fourth-order valence-corrected chi connectivity index (χ4v) is 3.02. The highest BCUT2D eigenvalue weighted by atomic mass is 35.5. The van der Waals surface area contributed by atoms with Crippen LogP contribution in [-0.2, 0) is 0 Å². The first-order valence-electron chi connectivity index (χ1n) is 5.85. The molecule has 0 aromatic carbocycles. The molecular formula is C12H16ClNO. The van der Waals surface area contributed by atoms with Gasteiger partial charge in [0.25, 0.3) is 0 Å². The third kappa shape index (κ3) is 1.69. The van der Waals surface area contributed by atoms with E-state index < -0.39 is 0 Å². The number of fused-ring (bicyclic) bond motifs is 1. The Labute approximate surface area is 95.0 Å². The van der Waals surface area contributed by atoms with E-state index in [1.54, 1.807) is 0 Å². The lowest BCUT2D eigenvalue weighted by Gasteiger charge is -2.18. The fraction of sp³-hybridized carbons (Fsp3) is 0.750. The van der Waals surface area contributed by atoms with Crippen molar-refractivity contribution in [1.82, 2.24) is 4.98 Å². The molecule has 2 aliphatic rings. The number of aromatic nitrogens is 1. The lowest BCUT2D eigenvalue weighted by Crippen LogP contribution is -2.07. The van der Waals surface area contributed by atoms with Gasteiger partial charge in [-0.15, -0.1) is 11.6 Å². The van der Waals surface area contributed by atoms with Gasteiger partial charge in [0.05, 0.1) is 6.20 Å². The molecule has 0 saturated heterocycles. The highest BCUT2D eigenvalue weighted by Gasteiger charge is 2.46. The molecule has 4 unspecified atom stereocenters. The molecule has 1 aromatic heterocycles. The number of oxazole rings is 1. The van der Waals surface area contributed by atoms with Gasteiger partial charge in [-0.05, 0) is 31.6 Å². The number of hydrogen-bond acceptors (Lipinski definition) is 2. The van der Waals surface area contributed by atoms with E-state index in [1.165, 1.54) is 25.7 Å². The highest BCUT2D eigenvalue weighted by Crippen LogP contribution is 2.56. The zero-order valence-corrected chi connectivity index (χ0v) is 9.70. The molecule has 0 radical (unpaired) electrons. The third-order valence-corrected chi connectivity index (χ3v) is 4.02. The van der Waals surface area contributed by atoms with Gasteiger partial charge in [0, 0.05) is 5.92 Å². The van der Waals surface area contributed by atoms with Crippen LogP contribution in [0, 0.1) is 11.8 Å². The molecule has 1 aromatic rings. The first-order chi connectivity index (χ1) is 7.25. The van der Waals surface area contributed by atoms with Crippen molar-refractivity contribution in [2.75, 3.05) is 0 Å². The Morgan fingerprint density at radius 1 is 1.53 bits per heavy atom. The van der Waals surface area contributed by atoms with E-state index >= 15 is 0 Å². The first kappa shape index (κ1) is 9.71. The summed E-state index contributed by atoms with van der Waals surface area (Å²) in [6.07, 6.45) is 7.33. The molecule has 3 rings (SSSR count). The van der Waals surface area contributed by atoms with Gasteiger partial charge >= 0.3 is 0 Å². The van der Waals surface area contributed by atoms with E-state index in [-0.39, 0.29) is 5.38 Å². The lowest BCUT2D eigenvalue weighted by atomic mass is 9.88. The Bertz CT molecular complexity index is 360. The van der Waals surface area contributed by atoms with Gasteiger partial charge < -0.3 is 4.42 Å². The third-order valence-electron chi connectivity index (χ3n) is 3.83. The minimum Gasteiger partial charge on any atom is -0.444 e. The predicted octanol–water partition coefficient (Wildman–Crippen LogP) is 3.88. The van der Waals surface area contributed by atoms with E-state index in [0.717, 1.165) is 17.6 Å². The van der Waals surface area contributed by atoms with Crippen molar-refractivity contribution >= 4 is 11.6 Å². The van der Waals surface area contributed by atoms with E-state index in [9.17, 15) is 0 Å². The van der Waals surface area contributed by atoms with Crippen molar-refractivity contribution in [2.45, 2.75) is 43.9 Å². The zero-order chi connectivity index (χ0) is 10.4. The molecule has 2 saturated carbocycles. The molecule has 2 aliphatic carbocycles. The van der Waals surface area contributed by atoms with Gasteiger partial charge in [-0.25, -0.2) is 4.98 Å². The summed E-state index contributed by atoms with van der Waals surface area (Å²) in [6.45, 7) is 1.90. The number of rotatable bonds is 2. The molecular weight excluding hydrogens is 210 g/mol. The molecule has 15 heavy (non-hydrogen) atoms. The summed E-state index contributed by atoms with van der Waals surface area (Å²) < 4.78 is 5.74. The van der Waals surface area contributed by atoms with Crippen LogP contribution in [0.1, 0.15) is 55.6 Å². The van der Waals surface area contributed by atoms with Crippen LogP contribution in [0.2, 0.25) is 0 Å². The monoisotopic (exact) mass is 225 g/mol. The summed E-state index contributed by atoms with van der Waals surface area (Å²) in [4.78, 5) is 4.25. The van der Waals surface area contributed by atoms with Crippen LogP contribution < -0.4 is 0 Å². The number of halogens is 1. The first-order valence-corrected chi connectivity index (χ1v) is 6.29. The maximum Gasteiger partial charge on any atom is 0.212 e. The Balaban J connectivity index is 1.80. The fourth-order valence-electron chi connectivity index (χ4n) is 2.92. The largest absolute Gasteiger partial charge is 0.444 e. The summed E-state index contributed by atoms with van der Waals surface area (Å²) in [5.41, 5.74) is 0. The summed E-state index contributed by atoms with van der Waals surface area (Å²) in [5.74, 6) is 4.23. The molecule has 0 bridgehead atoms. The van der Waals surface area contributed by atoms with Crippen molar-refractivity contribution in [3.05, 3.63) is 17.8 Å². The predicted molar refractivity (Wildman–Crippen MR) is 59.0 cm³/mol. The molecule has 1 heterocycles. The van der Waals surface area contributed by atoms with Crippen LogP contribution in [-0.4, -0.2) is 4.98 Å². The van der Waals surface area contributed by atoms with Gasteiger partial charge in [-0.3, -0.25) is 0 Å². The quantitative estimate of drug-likeness (QED) is 0.714. The molecule has 4 atom stereocenters. The Hall–Kier alpha value is -0.500. The SMILES string of the molecule is CC(Cl)c1ncc(C2CCCC3CC32)o1. The minimum absolute atomic E-state index is 0.114. The number of nitrogens with zero attached hydrogens (tertiary/aromatic N) is 1. The molecule has 82 valence electrons. The second-order valence-corrected chi connectivity index (χ2v) is 5.57. The van der Waals surface area contributed by atoms with Gasteiger partial charge in [0.1, 0.15) is 11.1 Å². The molecule has 2 fully saturated rings. The molecule has 0 N–H and O–H groups in total. The topological polar surface area (TPSA) is 26.0 Å². The van der Waals surface area contributed by atoms with E-state index in [0.29, 0.717) is 11.8 Å². The number of hydrogen-bond donors (Lipinski definition) is 0. The average Bonchev–Trinajstić information content (AvgIpc) is 2.84. The van der Waals surface area contributed by atoms with Gasteiger partial charge in [-0.2, -0.15) is 0 Å². The van der Waals surface area contributed by atoms with Crippen LogP contribution in [0.25, 0.3) is 0 Å². The van der Waals surface area contributed by atoms with Crippen molar-refractivity contribution in [1.29, 1.82) is 0 Å². The van der Waals surface area contributed by atoms with E-state index in [1.807, 2.05) is 13.1 Å². The van der Waals surface area contributed by atoms with E-state index in [2.05, 4.69) is 4.98 Å². The van der Waals surface area contributed by atoms with Gasteiger partial charge in [-0.1, -0.05) is 12.8 Å². The van der Waals surface area contributed by atoms with Crippen molar-refractivity contribution in [2.24, 2.45) is 11.8 Å². The average molecular weight is 226 g/mol. The highest BCUT2D eigenvalue weighted by molar-refractivity contribution is 6.20. The van der Waals surface area contributed by atoms with Gasteiger partial charge in [0.15, 0.2) is 0 Å². The summed E-state index contributed by atoms with van der Waals surface area (Å²) in [5, 5.41) is -0.114. The molecule has 2 nitrogen and oxygen atoms in total. The minimum atomic E-state index is -0.114. The van der Waals surface area contributed by atoms with Crippen LogP contribution >= 0.6 is 11.6 Å². The van der Waals surface area contributed by atoms with Crippen LogP contribution in [0.15, 0.2) is 10.6 Å². The van der Waals surface area contributed by atoms with Crippen molar-refractivity contribution in [3.63, 3.8) is 0 Å². The Kier molecular flexibility index (Phi) is 2.27. The molecule has 0 spiro atoms. The Morgan fingerprint density at radius 2 is 2.40 bits per heavy atom. The zero-order valence-electron chi connectivity index (χ0n) is 8.95. The molecule has 0 amide bonds. The maximum atomic E-state index is 5.95. The second-order valence-electron chi connectivity index (χ2n) is 4.91. The van der Waals surface area contributed by atoms with E-state index in [4.69, 9.17) is 16.0 Å².